The van der Waals surface area contributed by atoms with Gasteiger partial charge in [-0.25, -0.2) is 9.97 Å². The molecule has 3 rings (SSSR count). The summed E-state index contributed by atoms with van der Waals surface area (Å²) in [7, 11) is 0. The van der Waals surface area contributed by atoms with E-state index in [4.69, 9.17) is 17.3 Å². The Morgan fingerprint density at radius 1 is 1.00 bits per heavy atom. The summed E-state index contributed by atoms with van der Waals surface area (Å²) in [6.07, 6.45) is 1.53. The molecule has 3 aromatic rings. The van der Waals surface area contributed by atoms with E-state index in [-0.39, 0.29) is 6.04 Å². The van der Waals surface area contributed by atoms with Gasteiger partial charge in [0, 0.05) is 29.2 Å². The van der Waals surface area contributed by atoms with Crippen molar-refractivity contribution in [3.05, 3.63) is 77.6 Å². The lowest BCUT2D eigenvalue weighted by Crippen LogP contribution is -2.20. The standard InChI is InChI=1S/C18H17ClN4/c19-15-8-4-7-14(9-15)17-10-18(23-12-22-17)21-11-16(20)13-5-2-1-3-6-13/h1-10,12,16H,11,20H2,(H,21,22,23)/t16-/m0/s1. The van der Waals surface area contributed by atoms with Gasteiger partial charge >= 0.3 is 0 Å². The number of halogens is 1. The molecule has 4 nitrogen and oxygen atoms in total. The van der Waals surface area contributed by atoms with Crippen LogP contribution in [0.2, 0.25) is 5.02 Å². The van der Waals surface area contributed by atoms with Gasteiger partial charge in [0.25, 0.3) is 0 Å². The fraction of sp³-hybridized carbons (Fsp3) is 0.111. The number of benzene rings is 2. The van der Waals surface area contributed by atoms with Crippen LogP contribution < -0.4 is 11.1 Å². The summed E-state index contributed by atoms with van der Waals surface area (Å²) in [5, 5.41) is 3.94. The minimum atomic E-state index is -0.0965. The summed E-state index contributed by atoms with van der Waals surface area (Å²) in [6, 6.07) is 19.4. The predicted molar refractivity (Wildman–Crippen MR) is 94.3 cm³/mol. The number of hydrogen-bond acceptors (Lipinski definition) is 4. The monoisotopic (exact) mass is 324 g/mol. The molecule has 1 heterocycles. The highest BCUT2D eigenvalue weighted by atomic mass is 35.5. The van der Waals surface area contributed by atoms with E-state index < -0.39 is 0 Å². The van der Waals surface area contributed by atoms with Crippen LogP contribution in [0.4, 0.5) is 5.82 Å². The molecule has 0 unspecified atom stereocenters. The molecular formula is C18H17ClN4. The zero-order chi connectivity index (χ0) is 16.1. The van der Waals surface area contributed by atoms with E-state index in [2.05, 4.69) is 15.3 Å². The molecule has 0 fully saturated rings. The number of nitrogens with zero attached hydrogens (tertiary/aromatic N) is 2. The average molecular weight is 325 g/mol. The first-order chi connectivity index (χ1) is 11.2. The van der Waals surface area contributed by atoms with E-state index in [1.807, 2.05) is 60.7 Å². The summed E-state index contributed by atoms with van der Waals surface area (Å²) in [4.78, 5) is 8.54. The molecule has 2 aromatic carbocycles. The molecule has 1 aromatic heterocycles. The summed E-state index contributed by atoms with van der Waals surface area (Å²) in [6.45, 7) is 0.593. The van der Waals surface area contributed by atoms with Gasteiger partial charge in [0.15, 0.2) is 0 Å². The topological polar surface area (TPSA) is 63.8 Å². The lowest BCUT2D eigenvalue weighted by molar-refractivity contribution is 0.761. The molecule has 0 aliphatic rings. The van der Waals surface area contributed by atoms with Crippen LogP contribution in [-0.4, -0.2) is 16.5 Å². The first-order valence-corrected chi connectivity index (χ1v) is 7.72. The third kappa shape index (κ3) is 4.06. The third-order valence-corrected chi connectivity index (χ3v) is 3.75. The number of nitrogens with one attached hydrogen (secondary N) is 1. The van der Waals surface area contributed by atoms with Crippen molar-refractivity contribution < 1.29 is 0 Å². The molecule has 0 amide bonds. The lowest BCUT2D eigenvalue weighted by Gasteiger charge is -2.13. The van der Waals surface area contributed by atoms with Crippen LogP contribution in [0.15, 0.2) is 67.0 Å². The maximum Gasteiger partial charge on any atom is 0.130 e. The molecule has 0 aliphatic heterocycles. The van der Waals surface area contributed by atoms with Crippen molar-refractivity contribution in [3.63, 3.8) is 0 Å². The molecule has 5 heteroatoms. The Kier molecular flexibility index (Phi) is 4.86. The van der Waals surface area contributed by atoms with Crippen LogP contribution in [0, 0.1) is 0 Å². The predicted octanol–water partition coefficient (Wildman–Crippen LogP) is 3.91. The van der Waals surface area contributed by atoms with Crippen LogP contribution in [0.1, 0.15) is 11.6 Å². The smallest absolute Gasteiger partial charge is 0.130 e. The number of aromatic nitrogens is 2. The quantitative estimate of drug-likeness (QED) is 0.747. The molecule has 0 saturated heterocycles. The van der Waals surface area contributed by atoms with Crippen molar-refractivity contribution in [3.8, 4) is 11.3 Å². The van der Waals surface area contributed by atoms with E-state index in [0.717, 1.165) is 22.6 Å². The van der Waals surface area contributed by atoms with Crippen molar-refractivity contribution in [2.24, 2.45) is 5.73 Å². The molecule has 0 spiro atoms. The van der Waals surface area contributed by atoms with Gasteiger partial charge in [-0.2, -0.15) is 0 Å². The Morgan fingerprint density at radius 3 is 2.61 bits per heavy atom. The average Bonchev–Trinajstić information content (AvgIpc) is 2.61. The normalized spacial score (nSPS) is 11.9. The minimum absolute atomic E-state index is 0.0965. The number of rotatable bonds is 5. The van der Waals surface area contributed by atoms with E-state index in [1.54, 1.807) is 0 Å². The van der Waals surface area contributed by atoms with E-state index in [1.165, 1.54) is 6.33 Å². The van der Waals surface area contributed by atoms with Crippen molar-refractivity contribution in [2.75, 3.05) is 11.9 Å². The van der Waals surface area contributed by atoms with Crippen LogP contribution in [0.3, 0.4) is 0 Å². The Balaban J connectivity index is 1.71. The van der Waals surface area contributed by atoms with Crippen molar-refractivity contribution in [2.45, 2.75) is 6.04 Å². The van der Waals surface area contributed by atoms with Gasteiger partial charge in [-0.15, -0.1) is 0 Å². The van der Waals surface area contributed by atoms with Crippen LogP contribution in [0.25, 0.3) is 11.3 Å². The first kappa shape index (κ1) is 15.5. The third-order valence-electron chi connectivity index (χ3n) is 3.52. The Morgan fingerprint density at radius 2 is 1.83 bits per heavy atom. The van der Waals surface area contributed by atoms with Crippen LogP contribution in [0.5, 0.6) is 0 Å². The van der Waals surface area contributed by atoms with Gasteiger partial charge in [0.05, 0.1) is 5.69 Å². The highest BCUT2D eigenvalue weighted by Crippen LogP contribution is 2.22. The first-order valence-electron chi connectivity index (χ1n) is 7.35. The summed E-state index contributed by atoms with van der Waals surface area (Å²) < 4.78 is 0. The Labute approximate surface area is 140 Å². The van der Waals surface area contributed by atoms with Crippen molar-refractivity contribution >= 4 is 17.4 Å². The summed E-state index contributed by atoms with van der Waals surface area (Å²) in [5.74, 6) is 0.737. The number of nitrogens with two attached hydrogens (primary N) is 1. The van der Waals surface area contributed by atoms with Crippen LogP contribution in [-0.2, 0) is 0 Å². The molecule has 0 aliphatic carbocycles. The maximum absolute atomic E-state index is 6.19. The largest absolute Gasteiger partial charge is 0.368 e. The summed E-state index contributed by atoms with van der Waals surface area (Å²) in [5.41, 5.74) is 9.05. The second kappa shape index (κ2) is 7.22. The molecule has 0 radical (unpaired) electrons. The number of hydrogen-bond donors (Lipinski definition) is 2. The van der Waals surface area contributed by atoms with Gasteiger partial charge in [0.2, 0.25) is 0 Å². The molecular weight excluding hydrogens is 308 g/mol. The molecule has 23 heavy (non-hydrogen) atoms. The lowest BCUT2D eigenvalue weighted by atomic mass is 10.1. The van der Waals surface area contributed by atoms with Gasteiger partial charge in [0.1, 0.15) is 12.1 Å². The maximum atomic E-state index is 6.19. The van der Waals surface area contributed by atoms with Gasteiger partial charge in [-0.1, -0.05) is 54.1 Å². The van der Waals surface area contributed by atoms with E-state index in [9.17, 15) is 0 Å². The number of anilines is 1. The molecule has 0 saturated carbocycles. The van der Waals surface area contributed by atoms with Gasteiger partial charge in [-0.3, -0.25) is 0 Å². The highest BCUT2D eigenvalue weighted by Gasteiger charge is 2.07. The fourth-order valence-corrected chi connectivity index (χ4v) is 2.48. The van der Waals surface area contributed by atoms with Crippen LogP contribution >= 0.6 is 11.6 Å². The molecule has 3 N–H and O–H groups in total. The zero-order valence-corrected chi connectivity index (χ0v) is 13.2. The fourth-order valence-electron chi connectivity index (χ4n) is 2.29. The molecule has 1 atom stereocenters. The Hall–Kier alpha value is -2.43. The second-order valence-electron chi connectivity index (χ2n) is 5.20. The highest BCUT2D eigenvalue weighted by molar-refractivity contribution is 6.30. The van der Waals surface area contributed by atoms with Crippen molar-refractivity contribution in [1.29, 1.82) is 0 Å². The van der Waals surface area contributed by atoms with E-state index in [0.29, 0.717) is 11.6 Å². The van der Waals surface area contributed by atoms with E-state index >= 15 is 0 Å². The van der Waals surface area contributed by atoms with Crippen molar-refractivity contribution in [1.82, 2.24) is 9.97 Å². The summed E-state index contributed by atoms with van der Waals surface area (Å²) >= 11 is 6.03. The zero-order valence-electron chi connectivity index (χ0n) is 12.5. The minimum Gasteiger partial charge on any atom is -0.368 e. The SMILES string of the molecule is N[C@@H](CNc1cc(-c2cccc(Cl)c2)ncn1)c1ccccc1. The van der Waals surface area contributed by atoms with Gasteiger partial charge in [-0.05, 0) is 17.7 Å². The molecule has 0 bridgehead atoms. The Bertz CT molecular complexity index is 777. The second-order valence-corrected chi connectivity index (χ2v) is 5.63. The van der Waals surface area contributed by atoms with Gasteiger partial charge < -0.3 is 11.1 Å². The molecule has 116 valence electrons.